The van der Waals surface area contributed by atoms with Gasteiger partial charge in [0.25, 0.3) is 5.91 Å². The van der Waals surface area contributed by atoms with Gasteiger partial charge in [0.15, 0.2) is 0 Å². The van der Waals surface area contributed by atoms with Crippen LogP contribution in [-0.4, -0.2) is 40.4 Å². The minimum absolute atomic E-state index is 0.0340. The summed E-state index contributed by atoms with van der Waals surface area (Å²) < 4.78 is 0. The van der Waals surface area contributed by atoms with Crippen LogP contribution in [0.25, 0.3) is 0 Å². The fourth-order valence-corrected chi connectivity index (χ4v) is 2.85. The molecule has 2 rings (SSSR count). The van der Waals surface area contributed by atoms with E-state index >= 15 is 0 Å². The first-order chi connectivity index (χ1) is 11.1. The topological polar surface area (TPSA) is 81.0 Å². The molecular weight excluding hydrogens is 316 g/mol. The number of hydrogen-bond donors (Lipinski definition) is 3. The van der Waals surface area contributed by atoms with Crippen molar-refractivity contribution in [3.8, 4) is 0 Å². The minimum atomic E-state index is -0.401. The van der Waals surface area contributed by atoms with Crippen molar-refractivity contribution in [2.45, 2.75) is 19.9 Å². The Hall–Kier alpha value is -2.05. The molecule has 1 aromatic heterocycles. The number of rotatable bonds is 7. The van der Waals surface area contributed by atoms with Crippen LogP contribution in [-0.2, 0) is 0 Å². The monoisotopic (exact) mass is 336 g/mol. The third kappa shape index (κ3) is 4.24. The first-order valence-electron chi connectivity index (χ1n) is 7.61. The van der Waals surface area contributed by atoms with E-state index in [0.717, 1.165) is 18.7 Å². The summed E-state index contributed by atoms with van der Waals surface area (Å²) in [6.07, 6.45) is 1.36. The van der Waals surface area contributed by atoms with Crippen molar-refractivity contribution >= 4 is 17.5 Å². The van der Waals surface area contributed by atoms with Gasteiger partial charge in [-0.25, -0.2) is 4.79 Å². The van der Waals surface area contributed by atoms with Crippen molar-refractivity contribution in [3.63, 3.8) is 0 Å². The molecule has 0 spiro atoms. The molecule has 2 aromatic rings. The van der Waals surface area contributed by atoms with Gasteiger partial charge in [0, 0.05) is 17.8 Å². The number of amides is 1. The lowest BCUT2D eigenvalue weighted by Crippen LogP contribution is -2.38. The number of hydrogen-bond acceptors (Lipinski definition) is 3. The van der Waals surface area contributed by atoms with Crippen molar-refractivity contribution in [1.82, 2.24) is 20.2 Å². The van der Waals surface area contributed by atoms with Gasteiger partial charge in [-0.3, -0.25) is 9.69 Å². The molecule has 0 saturated carbocycles. The van der Waals surface area contributed by atoms with Crippen LogP contribution in [0, 0.1) is 0 Å². The molecule has 23 heavy (non-hydrogen) atoms. The van der Waals surface area contributed by atoms with Crippen molar-refractivity contribution in [2.24, 2.45) is 0 Å². The smallest absolute Gasteiger partial charge is 0.323 e. The van der Waals surface area contributed by atoms with E-state index in [1.54, 1.807) is 0 Å². The molecule has 3 N–H and O–H groups in total. The molecule has 0 unspecified atom stereocenters. The first-order valence-corrected chi connectivity index (χ1v) is 7.99. The van der Waals surface area contributed by atoms with Gasteiger partial charge in [-0.2, -0.15) is 0 Å². The van der Waals surface area contributed by atoms with Crippen LogP contribution in [0.5, 0.6) is 0 Å². The lowest BCUT2D eigenvalue weighted by molar-refractivity contribution is 0.0930. The predicted octanol–water partition coefficient (Wildman–Crippen LogP) is 2.17. The summed E-state index contributed by atoms with van der Waals surface area (Å²) in [5, 5.41) is 3.53. The van der Waals surface area contributed by atoms with Crippen molar-refractivity contribution in [1.29, 1.82) is 0 Å². The fourth-order valence-electron chi connectivity index (χ4n) is 2.58. The van der Waals surface area contributed by atoms with E-state index in [2.05, 4.69) is 34.0 Å². The highest BCUT2D eigenvalue weighted by atomic mass is 35.5. The van der Waals surface area contributed by atoms with Crippen LogP contribution < -0.4 is 11.0 Å². The second-order valence-electron chi connectivity index (χ2n) is 5.13. The normalized spacial score (nSPS) is 12.3. The van der Waals surface area contributed by atoms with Gasteiger partial charge >= 0.3 is 5.69 Å². The zero-order chi connectivity index (χ0) is 16.8. The van der Waals surface area contributed by atoms with E-state index in [9.17, 15) is 9.59 Å². The second-order valence-corrected chi connectivity index (χ2v) is 5.53. The summed E-state index contributed by atoms with van der Waals surface area (Å²) in [6.45, 7) is 6.21. The van der Waals surface area contributed by atoms with Crippen molar-refractivity contribution in [2.75, 3.05) is 19.6 Å². The zero-order valence-electron chi connectivity index (χ0n) is 13.2. The largest absolute Gasteiger partial charge is 0.349 e. The average molecular weight is 337 g/mol. The summed E-state index contributed by atoms with van der Waals surface area (Å²) in [5.74, 6) is -0.326. The number of carbonyl (C=O) groups excluding carboxylic acids is 1. The Balaban J connectivity index is 2.16. The molecule has 1 heterocycles. The number of aromatic nitrogens is 2. The maximum atomic E-state index is 12.1. The molecule has 0 radical (unpaired) electrons. The van der Waals surface area contributed by atoms with E-state index in [1.165, 1.54) is 6.20 Å². The SMILES string of the molecule is CCN(CC)[C@@H](CNC(=O)c1c[nH]c(=O)[nH]1)c1ccccc1Cl. The van der Waals surface area contributed by atoms with Crippen LogP contribution in [0.4, 0.5) is 0 Å². The molecule has 1 aromatic carbocycles. The molecule has 7 heteroatoms. The number of nitrogens with one attached hydrogen (secondary N) is 3. The zero-order valence-corrected chi connectivity index (χ0v) is 14.0. The first kappa shape index (κ1) is 17.3. The quantitative estimate of drug-likeness (QED) is 0.724. The van der Waals surface area contributed by atoms with Crippen LogP contribution in [0.15, 0.2) is 35.3 Å². The molecule has 1 atom stereocenters. The number of halogens is 1. The van der Waals surface area contributed by atoms with Crippen LogP contribution in [0.1, 0.15) is 35.9 Å². The van der Waals surface area contributed by atoms with E-state index < -0.39 is 5.69 Å². The Labute approximate surface area is 139 Å². The van der Waals surface area contributed by atoms with Crippen LogP contribution in [0.3, 0.4) is 0 Å². The molecule has 0 fully saturated rings. The van der Waals surface area contributed by atoms with Gasteiger partial charge in [0.1, 0.15) is 5.69 Å². The molecule has 0 aliphatic rings. The fraction of sp³-hybridized carbons (Fsp3) is 0.375. The summed E-state index contributed by atoms with van der Waals surface area (Å²) >= 11 is 6.32. The van der Waals surface area contributed by atoms with Gasteiger partial charge in [-0.15, -0.1) is 0 Å². The lowest BCUT2D eigenvalue weighted by atomic mass is 10.0. The van der Waals surface area contributed by atoms with Gasteiger partial charge in [-0.05, 0) is 24.7 Å². The van der Waals surface area contributed by atoms with E-state index in [1.807, 2.05) is 24.3 Å². The number of benzene rings is 1. The molecule has 1 amide bonds. The Morgan fingerprint density at radius 2 is 2.00 bits per heavy atom. The maximum Gasteiger partial charge on any atom is 0.323 e. The highest BCUT2D eigenvalue weighted by molar-refractivity contribution is 6.31. The highest BCUT2D eigenvalue weighted by Gasteiger charge is 2.21. The number of aromatic amines is 2. The van der Waals surface area contributed by atoms with E-state index in [4.69, 9.17) is 11.6 Å². The van der Waals surface area contributed by atoms with Crippen molar-refractivity contribution < 1.29 is 4.79 Å². The maximum absolute atomic E-state index is 12.1. The number of H-pyrrole nitrogens is 2. The Kier molecular flexibility index (Phi) is 6.01. The molecule has 6 nitrogen and oxygen atoms in total. The Bertz CT molecular complexity index is 706. The van der Waals surface area contributed by atoms with E-state index in [-0.39, 0.29) is 17.6 Å². The molecule has 0 saturated heterocycles. The summed E-state index contributed by atoms with van der Waals surface area (Å²) in [6, 6.07) is 7.60. The lowest BCUT2D eigenvalue weighted by Gasteiger charge is -2.30. The van der Waals surface area contributed by atoms with Gasteiger partial charge in [0.05, 0.1) is 6.04 Å². The number of carbonyl (C=O) groups is 1. The number of imidazole rings is 1. The van der Waals surface area contributed by atoms with Crippen molar-refractivity contribution in [3.05, 3.63) is 57.2 Å². The summed E-state index contributed by atoms with van der Waals surface area (Å²) in [7, 11) is 0. The van der Waals surface area contributed by atoms with Gasteiger partial charge in [0.2, 0.25) is 0 Å². The van der Waals surface area contributed by atoms with Gasteiger partial charge < -0.3 is 15.3 Å². The number of nitrogens with zero attached hydrogens (tertiary/aromatic N) is 1. The second kappa shape index (κ2) is 7.99. The molecule has 0 aliphatic heterocycles. The standard InChI is InChI=1S/C16H21ClN4O2/c1-3-21(4-2)14(11-7-5-6-8-12(11)17)10-18-15(22)13-9-19-16(23)20-13/h5-9,14H,3-4,10H2,1-2H3,(H,18,22)(H2,19,20,23)/t14-/m0/s1. The van der Waals surface area contributed by atoms with Gasteiger partial charge in [-0.1, -0.05) is 43.6 Å². The molecule has 124 valence electrons. The average Bonchev–Trinajstić information content (AvgIpc) is 2.98. The third-order valence-electron chi connectivity index (χ3n) is 3.81. The highest BCUT2D eigenvalue weighted by Crippen LogP contribution is 2.26. The number of likely N-dealkylation sites (N-methyl/N-ethyl adjacent to an activating group) is 1. The Morgan fingerprint density at radius 1 is 1.30 bits per heavy atom. The van der Waals surface area contributed by atoms with Crippen LogP contribution >= 0.6 is 11.6 Å². The summed E-state index contributed by atoms with van der Waals surface area (Å²) in [4.78, 5) is 30.3. The van der Waals surface area contributed by atoms with Crippen LogP contribution in [0.2, 0.25) is 5.02 Å². The molecular formula is C16H21ClN4O2. The summed E-state index contributed by atoms with van der Waals surface area (Å²) in [5.41, 5.74) is 0.787. The minimum Gasteiger partial charge on any atom is -0.349 e. The molecule has 0 aliphatic carbocycles. The Morgan fingerprint density at radius 3 is 2.57 bits per heavy atom. The predicted molar refractivity (Wildman–Crippen MR) is 90.9 cm³/mol. The third-order valence-corrected chi connectivity index (χ3v) is 4.16. The van der Waals surface area contributed by atoms with E-state index in [0.29, 0.717) is 11.6 Å². The molecule has 0 bridgehead atoms.